The minimum Gasteiger partial charge on any atom is -0.306 e. The summed E-state index contributed by atoms with van der Waals surface area (Å²) >= 11 is 0. The number of hydrogen-bond donors (Lipinski definition) is 0. The summed E-state index contributed by atoms with van der Waals surface area (Å²) in [4.78, 5) is 11.9. The molecule has 1 aromatic carbocycles. The van der Waals surface area contributed by atoms with E-state index in [1.54, 1.807) is 0 Å². The molecule has 0 bridgehead atoms. The zero-order chi connectivity index (χ0) is 14.9. The summed E-state index contributed by atoms with van der Waals surface area (Å²) in [5.74, 6) is 1.67. The first-order chi connectivity index (χ1) is 10.8. The Labute approximate surface area is 130 Å². The van der Waals surface area contributed by atoms with Crippen molar-refractivity contribution >= 4 is 11.2 Å². The first-order valence-electron chi connectivity index (χ1n) is 7.90. The van der Waals surface area contributed by atoms with Crippen LogP contribution >= 0.6 is 0 Å². The van der Waals surface area contributed by atoms with Crippen molar-refractivity contribution in [3.8, 4) is 5.69 Å². The second-order valence-electron chi connectivity index (χ2n) is 6.06. The van der Waals surface area contributed by atoms with Gasteiger partial charge in [0.05, 0.1) is 0 Å². The van der Waals surface area contributed by atoms with Gasteiger partial charge in [0.2, 0.25) is 0 Å². The third-order valence-electron chi connectivity index (χ3n) is 4.54. The molecule has 3 aromatic rings. The molecule has 1 aliphatic rings. The van der Waals surface area contributed by atoms with Crippen molar-refractivity contribution in [3.63, 3.8) is 0 Å². The van der Waals surface area contributed by atoms with E-state index in [4.69, 9.17) is 4.98 Å². The number of imidazole rings is 1. The Hall–Kier alpha value is -2.20. The second kappa shape index (κ2) is 5.54. The number of fused-ring (bicyclic) bond motifs is 1. The number of rotatable bonds is 2. The lowest BCUT2D eigenvalue weighted by molar-refractivity contribution is 0.250. The van der Waals surface area contributed by atoms with E-state index in [0.29, 0.717) is 5.92 Å². The number of piperidine rings is 1. The maximum atomic E-state index is 4.92. The fourth-order valence-electron chi connectivity index (χ4n) is 3.30. The van der Waals surface area contributed by atoms with Gasteiger partial charge in [0.15, 0.2) is 5.65 Å². The maximum absolute atomic E-state index is 4.92. The molecule has 4 nitrogen and oxygen atoms in total. The summed E-state index contributed by atoms with van der Waals surface area (Å²) in [5.41, 5.74) is 3.10. The van der Waals surface area contributed by atoms with Crippen LogP contribution in [0.5, 0.6) is 0 Å². The molecule has 22 heavy (non-hydrogen) atoms. The number of hydrogen-bond acceptors (Lipinski definition) is 3. The summed E-state index contributed by atoms with van der Waals surface area (Å²) in [6.45, 7) is 2.27. The molecule has 0 aliphatic carbocycles. The fourth-order valence-corrected chi connectivity index (χ4v) is 3.30. The number of para-hydroxylation sites is 1. The molecule has 112 valence electrons. The summed E-state index contributed by atoms with van der Waals surface area (Å²) in [6, 6.07) is 14.5. The molecule has 1 saturated heterocycles. The van der Waals surface area contributed by atoms with Crippen LogP contribution in [0.2, 0.25) is 0 Å². The summed E-state index contributed by atoms with van der Waals surface area (Å²) < 4.78 is 2.24. The molecular formula is C18H20N4. The SMILES string of the molecule is CN1CCC(c2nc3cccnc3n2-c2ccccc2)CC1. The molecule has 0 atom stereocenters. The van der Waals surface area contributed by atoms with Crippen molar-refractivity contribution in [1.29, 1.82) is 0 Å². The number of aromatic nitrogens is 3. The lowest BCUT2D eigenvalue weighted by atomic mass is 9.96. The van der Waals surface area contributed by atoms with Gasteiger partial charge in [-0.2, -0.15) is 0 Å². The number of likely N-dealkylation sites (tertiary alicyclic amines) is 1. The molecular weight excluding hydrogens is 272 g/mol. The van der Waals surface area contributed by atoms with E-state index in [-0.39, 0.29) is 0 Å². The molecule has 2 aromatic heterocycles. The van der Waals surface area contributed by atoms with Gasteiger partial charge in [-0.3, -0.25) is 4.57 Å². The molecule has 4 rings (SSSR count). The fraction of sp³-hybridized carbons (Fsp3) is 0.333. The van der Waals surface area contributed by atoms with E-state index in [1.807, 2.05) is 18.3 Å². The first-order valence-corrected chi connectivity index (χ1v) is 7.90. The Kier molecular flexibility index (Phi) is 3.39. The zero-order valence-corrected chi connectivity index (χ0v) is 12.8. The standard InChI is InChI=1S/C18H20N4/c1-21-12-9-14(10-13-21)17-20-16-8-5-11-19-18(16)22(17)15-6-3-2-4-7-15/h2-8,11,14H,9-10,12-13H2,1H3. The van der Waals surface area contributed by atoms with Crippen LogP contribution in [0.15, 0.2) is 48.7 Å². The van der Waals surface area contributed by atoms with Gasteiger partial charge in [-0.05, 0) is 57.2 Å². The molecule has 1 fully saturated rings. The van der Waals surface area contributed by atoms with Crippen molar-refractivity contribution in [3.05, 3.63) is 54.5 Å². The first kappa shape index (κ1) is 13.5. The van der Waals surface area contributed by atoms with Crippen LogP contribution in [0.1, 0.15) is 24.6 Å². The third kappa shape index (κ3) is 2.29. The van der Waals surface area contributed by atoms with E-state index >= 15 is 0 Å². The van der Waals surface area contributed by atoms with Crippen LogP contribution in [-0.4, -0.2) is 39.6 Å². The van der Waals surface area contributed by atoms with E-state index in [0.717, 1.165) is 48.6 Å². The normalized spacial score (nSPS) is 17.1. The monoisotopic (exact) mass is 292 g/mol. The van der Waals surface area contributed by atoms with E-state index < -0.39 is 0 Å². The minimum absolute atomic E-state index is 0.505. The van der Waals surface area contributed by atoms with Gasteiger partial charge in [0.1, 0.15) is 11.3 Å². The molecule has 0 spiro atoms. The van der Waals surface area contributed by atoms with Gasteiger partial charge in [0.25, 0.3) is 0 Å². The van der Waals surface area contributed by atoms with Crippen LogP contribution in [0, 0.1) is 0 Å². The largest absolute Gasteiger partial charge is 0.306 e. The molecule has 0 N–H and O–H groups in total. The van der Waals surface area contributed by atoms with Gasteiger partial charge in [0, 0.05) is 17.8 Å². The molecule has 3 heterocycles. The number of pyridine rings is 1. The second-order valence-corrected chi connectivity index (χ2v) is 6.06. The molecule has 1 aliphatic heterocycles. The smallest absolute Gasteiger partial charge is 0.164 e. The summed E-state index contributed by atoms with van der Waals surface area (Å²) in [7, 11) is 2.19. The highest BCUT2D eigenvalue weighted by molar-refractivity contribution is 5.74. The maximum Gasteiger partial charge on any atom is 0.164 e. The number of nitrogens with zero attached hydrogens (tertiary/aromatic N) is 4. The van der Waals surface area contributed by atoms with Crippen molar-refractivity contribution in [1.82, 2.24) is 19.4 Å². The minimum atomic E-state index is 0.505. The van der Waals surface area contributed by atoms with E-state index in [1.165, 1.54) is 0 Å². The lowest BCUT2D eigenvalue weighted by Crippen LogP contribution is -2.30. The van der Waals surface area contributed by atoms with Gasteiger partial charge < -0.3 is 4.90 Å². The van der Waals surface area contributed by atoms with E-state index in [2.05, 4.69) is 51.8 Å². The van der Waals surface area contributed by atoms with Crippen LogP contribution in [-0.2, 0) is 0 Å². The molecule has 4 heteroatoms. The summed E-state index contributed by atoms with van der Waals surface area (Å²) in [5, 5.41) is 0. The van der Waals surface area contributed by atoms with Gasteiger partial charge in [-0.1, -0.05) is 18.2 Å². The van der Waals surface area contributed by atoms with Crippen LogP contribution < -0.4 is 0 Å². The summed E-state index contributed by atoms with van der Waals surface area (Å²) in [6.07, 6.45) is 4.17. The highest BCUT2D eigenvalue weighted by Crippen LogP contribution is 2.31. The van der Waals surface area contributed by atoms with Gasteiger partial charge in [-0.25, -0.2) is 9.97 Å². The van der Waals surface area contributed by atoms with Gasteiger partial charge in [-0.15, -0.1) is 0 Å². The topological polar surface area (TPSA) is 34.0 Å². The zero-order valence-electron chi connectivity index (χ0n) is 12.8. The van der Waals surface area contributed by atoms with Crippen LogP contribution in [0.25, 0.3) is 16.9 Å². The molecule has 0 saturated carbocycles. The lowest BCUT2D eigenvalue weighted by Gasteiger charge is -2.28. The highest BCUT2D eigenvalue weighted by atomic mass is 15.1. The Morgan fingerprint density at radius 3 is 2.55 bits per heavy atom. The van der Waals surface area contributed by atoms with E-state index in [9.17, 15) is 0 Å². The predicted molar refractivity (Wildman–Crippen MR) is 88.3 cm³/mol. The van der Waals surface area contributed by atoms with Crippen molar-refractivity contribution in [2.24, 2.45) is 0 Å². The van der Waals surface area contributed by atoms with Gasteiger partial charge >= 0.3 is 0 Å². The molecule has 0 unspecified atom stereocenters. The van der Waals surface area contributed by atoms with Crippen molar-refractivity contribution in [2.45, 2.75) is 18.8 Å². The van der Waals surface area contributed by atoms with Crippen molar-refractivity contribution < 1.29 is 0 Å². The Balaban J connectivity index is 1.87. The Morgan fingerprint density at radius 1 is 1.00 bits per heavy atom. The Morgan fingerprint density at radius 2 is 1.77 bits per heavy atom. The quantitative estimate of drug-likeness (QED) is 0.727. The molecule has 0 radical (unpaired) electrons. The van der Waals surface area contributed by atoms with Crippen LogP contribution in [0.4, 0.5) is 0 Å². The molecule has 0 amide bonds. The predicted octanol–water partition coefficient (Wildman–Crippen LogP) is 3.23. The highest BCUT2D eigenvalue weighted by Gasteiger charge is 2.25. The average molecular weight is 292 g/mol. The number of benzene rings is 1. The van der Waals surface area contributed by atoms with Crippen LogP contribution in [0.3, 0.4) is 0 Å². The third-order valence-corrected chi connectivity index (χ3v) is 4.54. The Bertz CT molecular complexity index is 770. The van der Waals surface area contributed by atoms with Crippen molar-refractivity contribution in [2.75, 3.05) is 20.1 Å². The average Bonchev–Trinajstić information content (AvgIpc) is 2.96.